The molecule has 0 amide bonds. The van der Waals surface area contributed by atoms with E-state index in [0.717, 1.165) is 38.4 Å². The Morgan fingerprint density at radius 3 is 2.41 bits per heavy atom. The van der Waals surface area contributed by atoms with Crippen molar-refractivity contribution in [3.8, 4) is 11.1 Å². The Morgan fingerprint density at radius 2 is 1.56 bits per heavy atom. The van der Waals surface area contributed by atoms with Crippen molar-refractivity contribution in [3.63, 3.8) is 0 Å². The number of aryl methyl sites for hydroxylation is 2. The summed E-state index contributed by atoms with van der Waals surface area (Å²) in [5.41, 5.74) is 7.89. The largest absolute Gasteiger partial charge is 0.307 e. The smallest absolute Gasteiger partial charge is 0.224 e. The van der Waals surface area contributed by atoms with Crippen LogP contribution < -0.4 is 4.57 Å². The summed E-state index contributed by atoms with van der Waals surface area (Å²) in [7, 11) is 2.08. The maximum Gasteiger partial charge on any atom is 0.224 e. The Kier molecular flexibility index (Phi) is 3.34. The molecule has 0 aliphatic carbocycles. The fraction of sp³-hybridized carbons (Fsp3) is 0.0690. The van der Waals surface area contributed by atoms with Gasteiger partial charge in [0.25, 0.3) is 0 Å². The predicted molar refractivity (Wildman–Crippen MR) is 130 cm³/mol. The highest BCUT2D eigenvalue weighted by Gasteiger charge is 2.24. The molecule has 0 saturated heterocycles. The molecule has 152 valence electrons. The number of hydrogen-bond acceptors (Lipinski definition) is 0. The molecule has 3 heterocycles. The first-order chi connectivity index (χ1) is 15.6. The van der Waals surface area contributed by atoms with Crippen molar-refractivity contribution >= 4 is 49.0 Å². The molecule has 7 aromatic rings. The van der Waals surface area contributed by atoms with Gasteiger partial charge >= 0.3 is 0 Å². The molecular formula is C29H20FN2+. The van der Waals surface area contributed by atoms with Crippen LogP contribution in [0.3, 0.4) is 0 Å². The fourth-order valence-corrected chi connectivity index (χ4v) is 5.49. The van der Waals surface area contributed by atoms with Crippen LogP contribution in [0.2, 0.25) is 0 Å². The molecule has 0 saturated carbocycles. The van der Waals surface area contributed by atoms with E-state index in [1.807, 2.05) is 18.3 Å². The summed E-state index contributed by atoms with van der Waals surface area (Å²) >= 11 is 0. The lowest BCUT2D eigenvalue weighted by molar-refractivity contribution is -0.643. The molecular weight excluding hydrogens is 395 g/mol. The topological polar surface area (TPSA) is 8.29 Å². The van der Waals surface area contributed by atoms with Crippen molar-refractivity contribution < 1.29 is 8.96 Å². The molecule has 0 fully saturated rings. The number of benzene rings is 4. The van der Waals surface area contributed by atoms with Gasteiger partial charge in [-0.3, -0.25) is 0 Å². The first kappa shape index (κ1) is 17.7. The summed E-state index contributed by atoms with van der Waals surface area (Å²) in [4.78, 5) is 0. The number of hydrogen-bond donors (Lipinski definition) is 0. The number of aromatic nitrogens is 2. The van der Waals surface area contributed by atoms with Crippen molar-refractivity contribution in [2.75, 3.05) is 0 Å². The Balaban J connectivity index is 1.82. The van der Waals surface area contributed by atoms with Crippen LogP contribution in [0, 0.1) is 12.7 Å². The first-order valence-corrected chi connectivity index (χ1v) is 10.9. The Labute approximate surface area is 184 Å². The number of pyridine rings is 2. The van der Waals surface area contributed by atoms with Gasteiger partial charge in [0.05, 0.1) is 27.3 Å². The second-order valence-corrected chi connectivity index (χ2v) is 8.75. The molecule has 7 rings (SSSR count). The SMILES string of the molecule is Cc1ccc2c3ccc(-c4ccccc4)cc3n3c4cc(F)cc5cc[n+](C)c(c1c23)c54. The van der Waals surface area contributed by atoms with Crippen molar-refractivity contribution in [2.24, 2.45) is 7.05 Å². The van der Waals surface area contributed by atoms with E-state index in [2.05, 4.69) is 77.5 Å². The molecule has 0 radical (unpaired) electrons. The van der Waals surface area contributed by atoms with Crippen molar-refractivity contribution in [1.29, 1.82) is 0 Å². The van der Waals surface area contributed by atoms with Crippen LogP contribution in [0.1, 0.15) is 5.56 Å². The van der Waals surface area contributed by atoms with Crippen LogP contribution in [0.5, 0.6) is 0 Å². The molecule has 32 heavy (non-hydrogen) atoms. The number of halogens is 1. The zero-order valence-electron chi connectivity index (χ0n) is 17.9. The van der Waals surface area contributed by atoms with E-state index in [9.17, 15) is 4.39 Å². The van der Waals surface area contributed by atoms with Crippen LogP contribution in [0.15, 0.2) is 85.1 Å². The third-order valence-corrected chi connectivity index (χ3v) is 6.90. The number of rotatable bonds is 1. The summed E-state index contributed by atoms with van der Waals surface area (Å²) < 4.78 is 19.3. The van der Waals surface area contributed by atoms with Gasteiger partial charge in [-0.05, 0) is 47.2 Å². The average molecular weight is 415 g/mol. The third kappa shape index (κ3) is 2.15. The molecule has 0 N–H and O–H groups in total. The zero-order valence-corrected chi connectivity index (χ0v) is 17.9. The van der Waals surface area contributed by atoms with Crippen molar-refractivity contribution in [2.45, 2.75) is 6.92 Å². The molecule has 0 atom stereocenters. The lowest BCUT2D eigenvalue weighted by Crippen LogP contribution is -2.28. The number of nitrogens with zero attached hydrogens (tertiary/aromatic N) is 2. The van der Waals surface area contributed by atoms with Gasteiger partial charge in [-0.25, -0.2) is 8.96 Å². The molecule has 0 spiro atoms. The highest BCUT2D eigenvalue weighted by Crippen LogP contribution is 2.41. The lowest BCUT2D eigenvalue weighted by Gasteiger charge is -2.13. The quantitative estimate of drug-likeness (QED) is 0.156. The predicted octanol–water partition coefficient (Wildman–Crippen LogP) is 6.93. The Bertz CT molecular complexity index is 1850. The van der Waals surface area contributed by atoms with Gasteiger partial charge in [0, 0.05) is 16.8 Å². The minimum atomic E-state index is -0.211. The Morgan fingerprint density at radius 1 is 0.750 bits per heavy atom. The van der Waals surface area contributed by atoms with Gasteiger partial charge in [-0.2, -0.15) is 0 Å². The van der Waals surface area contributed by atoms with Crippen LogP contribution >= 0.6 is 0 Å². The average Bonchev–Trinajstić information content (AvgIpc) is 3.14. The molecule has 2 nitrogen and oxygen atoms in total. The van der Waals surface area contributed by atoms with Crippen LogP contribution in [0.4, 0.5) is 4.39 Å². The first-order valence-electron chi connectivity index (χ1n) is 10.9. The molecule has 0 aliphatic heterocycles. The van der Waals surface area contributed by atoms with Gasteiger partial charge in [0.1, 0.15) is 12.9 Å². The third-order valence-electron chi connectivity index (χ3n) is 6.90. The molecule has 3 aromatic heterocycles. The van der Waals surface area contributed by atoms with E-state index in [-0.39, 0.29) is 5.82 Å². The minimum Gasteiger partial charge on any atom is -0.307 e. The van der Waals surface area contributed by atoms with Gasteiger partial charge in [0.15, 0.2) is 6.20 Å². The standard InChI is InChI=1S/C29H20FN2/c1-17-8-10-23-22-11-9-19(18-6-4-3-5-7-18)15-24(22)32-25-16-21(30)14-20-12-13-31(2)29(27(20)25)26(17)28(23)32/h3-16H,1-2H3/q+1. The van der Waals surface area contributed by atoms with Crippen LogP contribution in [-0.4, -0.2) is 4.40 Å². The normalized spacial score (nSPS) is 12.2. The van der Waals surface area contributed by atoms with Gasteiger partial charge in [0.2, 0.25) is 5.52 Å². The molecule has 4 aromatic carbocycles. The molecule has 0 unspecified atom stereocenters. The van der Waals surface area contributed by atoms with Gasteiger partial charge < -0.3 is 4.40 Å². The maximum atomic E-state index is 14.8. The molecule has 3 heteroatoms. The van der Waals surface area contributed by atoms with E-state index in [1.54, 1.807) is 12.1 Å². The Hall–Kier alpha value is -3.98. The number of fused-ring (bicyclic) bond motifs is 5. The van der Waals surface area contributed by atoms with Gasteiger partial charge in [-0.1, -0.05) is 54.6 Å². The lowest BCUT2D eigenvalue weighted by atomic mass is 9.99. The summed E-state index contributed by atoms with van der Waals surface area (Å²) in [6, 6.07) is 26.8. The highest BCUT2D eigenvalue weighted by molar-refractivity contribution is 6.25. The summed E-state index contributed by atoms with van der Waals surface area (Å²) in [6.45, 7) is 2.17. The monoisotopic (exact) mass is 415 g/mol. The van der Waals surface area contributed by atoms with Gasteiger partial charge in [-0.15, -0.1) is 0 Å². The molecule has 0 aliphatic rings. The van der Waals surface area contributed by atoms with Crippen molar-refractivity contribution in [1.82, 2.24) is 4.40 Å². The fourth-order valence-electron chi connectivity index (χ4n) is 5.49. The summed E-state index contributed by atoms with van der Waals surface area (Å²) in [6.07, 6.45) is 2.03. The zero-order chi connectivity index (χ0) is 21.6. The minimum absolute atomic E-state index is 0.211. The van der Waals surface area contributed by atoms with E-state index >= 15 is 0 Å². The summed E-state index contributed by atoms with van der Waals surface area (Å²) in [5.74, 6) is -0.211. The van der Waals surface area contributed by atoms with Crippen LogP contribution in [0.25, 0.3) is 60.1 Å². The van der Waals surface area contributed by atoms with E-state index < -0.39 is 0 Å². The second-order valence-electron chi connectivity index (χ2n) is 8.75. The molecule has 0 bridgehead atoms. The summed E-state index contributed by atoms with van der Waals surface area (Å²) in [5, 5.41) is 5.64. The highest BCUT2D eigenvalue weighted by atomic mass is 19.1. The van der Waals surface area contributed by atoms with Crippen molar-refractivity contribution in [3.05, 3.63) is 96.4 Å². The van der Waals surface area contributed by atoms with E-state index in [1.165, 1.54) is 27.3 Å². The second kappa shape index (κ2) is 6.04. The van der Waals surface area contributed by atoms with E-state index in [4.69, 9.17) is 0 Å². The van der Waals surface area contributed by atoms with E-state index in [0.29, 0.717) is 0 Å². The maximum absolute atomic E-state index is 14.8. The van der Waals surface area contributed by atoms with Crippen LogP contribution in [-0.2, 0) is 7.05 Å².